The molecule has 0 bridgehead atoms. The molecule has 0 radical (unpaired) electrons. The summed E-state index contributed by atoms with van der Waals surface area (Å²) in [6.45, 7) is 1.62. The predicted molar refractivity (Wildman–Crippen MR) is 92.7 cm³/mol. The van der Waals surface area contributed by atoms with Crippen molar-refractivity contribution in [1.82, 2.24) is 4.98 Å². The number of oxazole rings is 1. The number of nitriles is 1. The summed E-state index contributed by atoms with van der Waals surface area (Å²) >= 11 is 0. The zero-order valence-electron chi connectivity index (χ0n) is 13.5. The summed E-state index contributed by atoms with van der Waals surface area (Å²) in [5, 5.41) is 17.9. The van der Waals surface area contributed by atoms with Crippen LogP contribution in [0.25, 0.3) is 11.3 Å². The van der Waals surface area contributed by atoms with Gasteiger partial charge in [0, 0.05) is 12.5 Å². The van der Waals surface area contributed by atoms with Gasteiger partial charge < -0.3 is 8.83 Å². The van der Waals surface area contributed by atoms with E-state index in [4.69, 9.17) is 19.2 Å². The number of aryl methyl sites for hydroxylation is 1. The van der Waals surface area contributed by atoms with Crippen LogP contribution in [0.4, 0.5) is 5.88 Å². The first kappa shape index (κ1) is 17.4. The Labute approximate surface area is 148 Å². The molecule has 2 heterocycles. The summed E-state index contributed by atoms with van der Waals surface area (Å²) in [5.41, 5.74) is 3.37. The lowest BCUT2D eigenvalue weighted by molar-refractivity contribution is 0.533. The molecule has 0 atom stereocenters. The third kappa shape index (κ3) is 3.80. The van der Waals surface area contributed by atoms with Crippen LogP contribution in [0.5, 0.6) is 0 Å². The van der Waals surface area contributed by atoms with Crippen molar-refractivity contribution >= 4 is 22.1 Å². The normalized spacial score (nSPS) is 11.6. The number of nitrogens with two attached hydrogens (primary N) is 1. The van der Waals surface area contributed by atoms with E-state index in [0.717, 1.165) is 0 Å². The van der Waals surface area contributed by atoms with Crippen LogP contribution < -0.4 is 10.6 Å². The Morgan fingerprint density at radius 3 is 2.62 bits per heavy atom. The van der Waals surface area contributed by atoms with Gasteiger partial charge >= 0.3 is 0 Å². The van der Waals surface area contributed by atoms with Gasteiger partial charge in [-0.25, -0.2) is 24.0 Å². The fourth-order valence-electron chi connectivity index (χ4n) is 2.12. The second kappa shape index (κ2) is 6.83. The number of nitrogens with one attached hydrogen (secondary N) is 1. The molecule has 26 heavy (non-hydrogen) atoms. The highest BCUT2D eigenvalue weighted by Gasteiger charge is 2.10. The van der Waals surface area contributed by atoms with E-state index in [-0.39, 0.29) is 16.5 Å². The first-order valence-corrected chi connectivity index (χ1v) is 8.81. The Morgan fingerprint density at radius 2 is 1.96 bits per heavy atom. The molecule has 0 saturated carbocycles. The second-order valence-corrected chi connectivity index (χ2v) is 6.73. The lowest BCUT2D eigenvalue weighted by Gasteiger charge is -2.00. The number of hydrogen-bond acceptors (Lipinski definition) is 8. The van der Waals surface area contributed by atoms with Gasteiger partial charge in [0.15, 0.2) is 5.89 Å². The highest BCUT2D eigenvalue weighted by molar-refractivity contribution is 7.89. The molecule has 3 N–H and O–H groups in total. The van der Waals surface area contributed by atoms with E-state index in [2.05, 4.69) is 15.5 Å². The van der Waals surface area contributed by atoms with E-state index in [0.29, 0.717) is 23.0 Å². The molecule has 3 aromatic rings. The average Bonchev–Trinajstić information content (AvgIpc) is 3.21. The van der Waals surface area contributed by atoms with E-state index >= 15 is 0 Å². The van der Waals surface area contributed by atoms with Gasteiger partial charge in [0.2, 0.25) is 15.7 Å². The molecule has 1 aromatic carbocycles. The molecule has 132 valence electrons. The zero-order valence-corrected chi connectivity index (χ0v) is 14.3. The standard InChI is InChI=1S/C16H13N5O4S/c1-10-20-14(8-17)16(24-10)21-19-9-12-4-7-15(25-12)11-2-5-13(6-3-11)26(18,22)23/h2-7,9,21H,1H3,(H2,18,22,23)/b19-9+. The van der Waals surface area contributed by atoms with Crippen LogP contribution in [0.1, 0.15) is 17.3 Å². The van der Waals surface area contributed by atoms with Crippen molar-refractivity contribution in [2.24, 2.45) is 10.2 Å². The van der Waals surface area contributed by atoms with Crippen LogP contribution in [-0.4, -0.2) is 19.6 Å². The number of primary sulfonamides is 1. The monoisotopic (exact) mass is 371 g/mol. The molecule has 9 nitrogen and oxygen atoms in total. The summed E-state index contributed by atoms with van der Waals surface area (Å²) in [4.78, 5) is 3.91. The quantitative estimate of drug-likeness (QED) is 0.516. The highest BCUT2D eigenvalue weighted by Crippen LogP contribution is 2.23. The van der Waals surface area contributed by atoms with Gasteiger partial charge in [-0.2, -0.15) is 10.4 Å². The third-order valence-electron chi connectivity index (χ3n) is 3.29. The maximum Gasteiger partial charge on any atom is 0.252 e. The average molecular weight is 371 g/mol. The fraction of sp³-hybridized carbons (Fsp3) is 0.0625. The molecule has 0 spiro atoms. The lowest BCUT2D eigenvalue weighted by Crippen LogP contribution is -2.11. The number of benzene rings is 1. The van der Waals surface area contributed by atoms with Crippen molar-refractivity contribution in [3.63, 3.8) is 0 Å². The minimum atomic E-state index is -3.74. The number of sulfonamides is 1. The van der Waals surface area contributed by atoms with Gasteiger partial charge in [-0.3, -0.25) is 0 Å². The molecular formula is C16H13N5O4S. The summed E-state index contributed by atoms with van der Waals surface area (Å²) in [6.07, 6.45) is 1.40. The van der Waals surface area contributed by atoms with Crippen molar-refractivity contribution in [3.05, 3.63) is 53.7 Å². The maximum atomic E-state index is 11.3. The van der Waals surface area contributed by atoms with Crippen molar-refractivity contribution in [1.29, 1.82) is 5.26 Å². The largest absolute Gasteiger partial charge is 0.455 e. The Kier molecular flexibility index (Phi) is 4.57. The van der Waals surface area contributed by atoms with Crippen LogP contribution in [0.15, 0.2) is 55.2 Å². The van der Waals surface area contributed by atoms with Crippen molar-refractivity contribution in [2.75, 3.05) is 5.43 Å². The van der Waals surface area contributed by atoms with Gasteiger partial charge in [0.05, 0.1) is 11.1 Å². The summed E-state index contributed by atoms with van der Waals surface area (Å²) in [7, 11) is -3.74. The molecule has 3 rings (SSSR count). The number of hydrogen-bond donors (Lipinski definition) is 2. The Balaban J connectivity index is 1.72. The predicted octanol–water partition coefficient (Wildman–Crippen LogP) is 2.21. The van der Waals surface area contributed by atoms with Gasteiger partial charge in [-0.1, -0.05) is 0 Å². The van der Waals surface area contributed by atoms with Crippen molar-refractivity contribution < 1.29 is 17.3 Å². The highest BCUT2D eigenvalue weighted by atomic mass is 32.2. The van der Waals surface area contributed by atoms with Crippen LogP contribution in [0.3, 0.4) is 0 Å². The van der Waals surface area contributed by atoms with Crippen LogP contribution in [-0.2, 0) is 10.0 Å². The van der Waals surface area contributed by atoms with Gasteiger partial charge in [-0.05, 0) is 36.4 Å². The van der Waals surface area contributed by atoms with E-state index in [9.17, 15) is 8.42 Å². The van der Waals surface area contributed by atoms with E-state index in [1.54, 1.807) is 31.2 Å². The molecule has 0 unspecified atom stereocenters. The number of nitrogens with zero attached hydrogens (tertiary/aromatic N) is 3. The molecule has 0 fully saturated rings. The smallest absolute Gasteiger partial charge is 0.252 e. The maximum absolute atomic E-state index is 11.3. The topological polar surface area (TPSA) is 148 Å². The molecule has 0 aliphatic rings. The van der Waals surface area contributed by atoms with Gasteiger partial charge in [0.1, 0.15) is 17.6 Å². The van der Waals surface area contributed by atoms with Crippen molar-refractivity contribution in [3.8, 4) is 17.4 Å². The van der Waals surface area contributed by atoms with E-state index < -0.39 is 10.0 Å². The van der Waals surface area contributed by atoms with E-state index in [1.165, 1.54) is 18.3 Å². The number of furan rings is 1. The SMILES string of the molecule is Cc1nc(C#N)c(N/N=C/c2ccc(-c3ccc(S(N)(=O)=O)cc3)o2)o1. The molecule has 10 heteroatoms. The summed E-state index contributed by atoms with van der Waals surface area (Å²) in [6, 6.07) is 11.3. The number of rotatable bonds is 5. The fourth-order valence-corrected chi connectivity index (χ4v) is 2.63. The third-order valence-corrected chi connectivity index (χ3v) is 4.22. The van der Waals surface area contributed by atoms with Crippen molar-refractivity contribution in [2.45, 2.75) is 11.8 Å². The van der Waals surface area contributed by atoms with Crippen LogP contribution in [0, 0.1) is 18.3 Å². The molecule has 0 saturated heterocycles. The second-order valence-electron chi connectivity index (χ2n) is 5.16. The number of aromatic nitrogens is 1. The first-order valence-electron chi connectivity index (χ1n) is 7.26. The Bertz CT molecular complexity index is 1100. The Morgan fingerprint density at radius 1 is 1.23 bits per heavy atom. The molecular weight excluding hydrogens is 358 g/mol. The molecule has 0 aliphatic carbocycles. The lowest BCUT2D eigenvalue weighted by atomic mass is 10.2. The minimum absolute atomic E-state index is 0.0226. The van der Waals surface area contributed by atoms with E-state index in [1.807, 2.05) is 6.07 Å². The summed E-state index contributed by atoms with van der Waals surface area (Å²) < 4.78 is 33.4. The summed E-state index contributed by atoms with van der Waals surface area (Å²) in [5.74, 6) is 1.47. The minimum Gasteiger partial charge on any atom is -0.455 e. The number of anilines is 1. The first-order chi connectivity index (χ1) is 12.4. The molecule has 0 amide bonds. The molecule has 2 aromatic heterocycles. The van der Waals surface area contributed by atoms with Crippen LogP contribution in [0.2, 0.25) is 0 Å². The van der Waals surface area contributed by atoms with Crippen LogP contribution >= 0.6 is 0 Å². The van der Waals surface area contributed by atoms with Gasteiger partial charge in [-0.15, -0.1) is 0 Å². The Hall–Kier alpha value is -3.42. The van der Waals surface area contributed by atoms with Gasteiger partial charge in [0.25, 0.3) is 5.88 Å². The zero-order chi connectivity index (χ0) is 18.7. The number of hydrazone groups is 1. The molecule has 0 aliphatic heterocycles.